The summed E-state index contributed by atoms with van der Waals surface area (Å²) in [5.41, 5.74) is 7.91. The summed E-state index contributed by atoms with van der Waals surface area (Å²) in [6.07, 6.45) is 4.63. The highest BCUT2D eigenvalue weighted by atomic mass is 16.5. The van der Waals surface area contributed by atoms with Gasteiger partial charge in [0.2, 0.25) is 5.91 Å². The standard InChI is InChI=1S/C21H31N3O2/c1-16(2)14-19(22)21(25)24(3)13-9-5-8-12-18-15-20(23-26-18)17-10-6-4-7-11-17/h4,6-7,10-11,15-16,19H,5,8-9,12-14,22H2,1-3H3/t19-/m0/s1. The predicted molar refractivity (Wildman–Crippen MR) is 105 cm³/mol. The summed E-state index contributed by atoms with van der Waals surface area (Å²) in [5, 5.41) is 4.14. The molecule has 0 aliphatic carbocycles. The highest BCUT2D eigenvalue weighted by molar-refractivity contribution is 5.81. The molecular formula is C21H31N3O2. The third kappa shape index (κ3) is 6.30. The van der Waals surface area contributed by atoms with Gasteiger partial charge in [-0.15, -0.1) is 0 Å². The van der Waals surface area contributed by atoms with Gasteiger partial charge in [-0.2, -0.15) is 0 Å². The molecule has 2 aromatic rings. The summed E-state index contributed by atoms with van der Waals surface area (Å²) in [5.74, 6) is 1.39. The van der Waals surface area contributed by atoms with Gasteiger partial charge in [-0.3, -0.25) is 4.79 Å². The number of aromatic nitrogens is 1. The quantitative estimate of drug-likeness (QED) is 0.655. The minimum atomic E-state index is -0.384. The van der Waals surface area contributed by atoms with Crippen LogP contribution in [0.5, 0.6) is 0 Å². The maximum atomic E-state index is 12.2. The number of carbonyl (C=O) groups excluding carboxylic acids is 1. The third-order valence-corrected chi connectivity index (χ3v) is 4.46. The fourth-order valence-corrected chi connectivity index (χ4v) is 3.00. The first-order valence-electron chi connectivity index (χ1n) is 9.49. The molecule has 0 saturated carbocycles. The maximum Gasteiger partial charge on any atom is 0.239 e. The Kier molecular flexibility index (Phi) is 7.85. The zero-order valence-corrected chi connectivity index (χ0v) is 16.1. The molecule has 2 rings (SSSR count). The summed E-state index contributed by atoms with van der Waals surface area (Å²) >= 11 is 0. The number of benzene rings is 1. The average Bonchev–Trinajstić information content (AvgIpc) is 3.09. The number of amides is 1. The average molecular weight is 357 g/mol. The maximum absolute atomic E-state index is 12.2. The molecule has 0 aliphatic rings. The Bertz CT molecular complexity index is 667. The molecule has 5 nitrogen and oxygen atoms in total. The van der Waals surface area contributed by atoms with Crippen LogP contribution < -0.4 is 5.73 Å². The highest BCUT2D eigenvalue weighted by Gasteiger charge is 2.18. The molecule has 0 saturated heterocycles. The normalized spacial score (nSPS) is 12.3. The number of likely N-dealkylation sites (N-methyl/N-ethyl adjacent to an activating group) is 1. The van der Waals surface area contributed by atoms with E-state index in [1.807, 2.05) is 43.4 Å². The van der Waals surface area contributed by atoms with Crippen molar-refractivity contribution in [3.8, 4) is 11.3 Å². The molecule has 1 amide bonds. The van der Waals surface area contributed by atoms with Gasteiger partial charge in [-0.05, 0) is 25.2 Å². The van der Waals surface area contributed by atoms with Crippen molar-refractivity contribution in [2.45, 2.75) is 52.0 Å². The molecule has 1 aromatic carbocycles. The molecule has 0 aliphatic heterocycles. The molecule has 0 fully saturated rings. The Labute approximate surface area is 156 Å². The lowest BCUT2D eigenvalue weighted by atomic mass is 10.0. The Morgan fingerprint density at radius 3 is 2.62 bits per heavy atom. The highest BCUT2D eigenvalue weighted by Crippen LogP contribution is 2.19. The van der Waals surface area contributed by atoms with Gasteiger partial charge >= 0.3 is 0 Å². The van der Waals surface area contributed by atoms with Gasteiger partial charge in [0.15, 0.2) is 0 Å². The first-order chi connectivity index (χ1) is 12.5. The second kappa shape index (κ2) is 10.1. The second-order valence-corrected chi connectivity index (χ2v) is 7.35. The molecule has 26 heavy (non-hydrogen) atoms. The summed E-state index contributed by atoms with van der Waals surface area (Å²) in [6.45, 7) is 4.91. The van der Waals surface area contributed by atoms with Crippen molar-refractivity contribution in [1.29, 1.82) is 0 Å². The van der Waals surface area contributed by atoms with Crippen LogP contribution in [0.25, 0.3) is 11.3 Å². The second-order valence-electron chi connectivity index (χ2n) is 7.35. The van der Waals surface area contributed by atoms with Crippen LogP contribution in [-0.4, -0.2) is 35.6 Å². The van der Waals surface area contributed by atoms with Crippen molar-refractivity contribution < 1.29 is 9.32 Å². The van der Waals surface area contributed by atoms with E-state index in [4.69, 9.17) is 10.3 Å². The topological polar surface area (TPSA) is 72.4 Å². The van der Waals surface area contributed by atoms with Crippen LogP contribution in [0.2, 0.25) is 0 Å². The molecule has 5 heteroatoms. The van der Waals surface area contributed by atoms with Crippen LogP contribution in [-0.2, 0) is 11.2 Å². The van der Waals surface area contributed by atoms with E-state index in [2.05, 4.69) is 19.0 Å². The third-order valence-electron chi connectivity index (χ3n) is 4.46. The zero-order valence-electron chi connectivity index (χ0n) is 16.1. The van der Waals surface area contributed by atoms with Gasteiger partial charge in [-0.1, -0.05) is 55.8 Å². The van der Waals surface area contributed by atoms with Crippen LogP contribution in [0.1, 0.15) is 45.3 Å². The number of unbranched alkanes of at least 4 members (excludes halogenated alkanes) is 2. The fraction of sp³-hybridized carbons (Fsp3) is 0.524. The molecule has 0 radical (unpaired) electrons. The number of hydrogen-bond donors (Lipinski definition) is 1. The van der Waals surface area contributed by atoms with E-state index in [-0.39, 0.29) is 11.9 Å². The largest absolute Gasteiger partial charge is 0.361 e. The van der Waals surface area contributed by atoms with E-state index in [9.17, 15) is 4.79 Å². The number of carbonyl (C=O) groups is 1. The molecule has 1 aromatic heterocycles. The lowest BCUT2D eigenvalue weighted by molar-refractivity contribution is -0.131. The Morgan fingerprint density at radius 2 is 1.92 bits per heavy atom. The first kappa shape index (κ1) is 20.2. The van der Waals surface area contributed by atoms with Crippen LogP contribution in [0, 0.1) is 5.92 Å². The minimum absolute atomic E-state index is 0.0430. The van der Waals surface area contributed by atoms with Gasteiger partial charge in [0, 0.05) is 31.6 Å². The smallest absolute Gasteiger partial charge is 0.239 e. The van der Waals surface area contributed by atoms with E-state index in [1.165, 1.54) is 0 Å². The van der Waals surface area contributed by atoms with E-state index in [1.54, 1.807) is 4.90 Å². The molecule has 2 N–H and O–H groups in total. The van der Waals surface area contributed by atoms with Crippen LogP contribution in [0.15, 0.2) is 40.9 Å². The van der Waals surface area contributed by atoms with Crippen molar-refractivity contribution in [3.05, 3.63) is 42.2 Å². The Morgan fingerprint density at radius 1 is 1.19 bits per heavy atom. The van der Waals surface area contributed by atoms with Crippen molar-refractivity contribution in [2.75, 3.05) is 13.6 Å². The van der Waals surface area contributed by atoms with Crippen LogP contribution >= 0.6 is 0 Å². The van der Waals surface area contributed by atoms with Gasteiger partial charge in [0.05, 0.1) is 6.04 Å². The van der Waals surface area contributed by atoms with Crippen molar-refractivity contribution in [1.82, 2.24) is 10.1 Å². The SMILES string of the molecule is CC(C)C[C@H](N)C(=O)N(C)CCCCCc1cc(-c2ccccc2)no1. The minimum Gasteiger partial charge on any atom is -0.361 e. The van der Waals surface area contributed by atoms with Crippen molar-refractivity contribution in [2.24, 2.45) is 11.7 Å². The number of nitrogens with zero attached hydrogens (tertiary/aromatic N) is 2. The number of aryl methyl sites for hydroxylation is 1. The van der Waals surface area contributed by atoms with Gasteiger partial charge in [0.25, 0.3) is 0 Å². The molecule has 0 unspecified atom stereocenters. The Balaban J connectivity index is 1.66. The van der Waals surface area contributed by atoms with Crippen molar-refractivity contribution in [3.63, 3.8) is 0 Å². The number of hydrogen-bond acceptors (Lipinski definition) is 4. The summed E-state index contributed by atoms with van der Waals surface area (Å²) in [6, 6.07) is 11.7. The molecule has 1 atom stereocenters. The van der Waals surface area contributed by atoms with Crippen LogP contribution in [0.4, 0.5) is 0 Å². The van der Waals surface area contributed by atoms with E-state index >= 15 is 0 Å². The predicted octanol–water partition coefficient (Wildman–Crippen LogP) is 3.89. The Hall–Kier alpha value is -2.14. The van der Waals surface area contributed by atoms with E-state index in [0.717, 1.165) is 55.7 Å². The zero-order chi connectivity index (χ0) is 18.9. The number of nitrogens with two attached hydrogens (primary N) is 1. The summed E-state index contributed by atoms with van der Waals surface area (Å²) in [7, 11) is 1.84. The van der Waals surface area contributed by atoms with E-state index < -0.39 is 0 Å². The van der Waals surface area contributed by atoms with Crippen LogP contribution in [0.3, 0.4) is 0 Å². The van der Waals surface area contributed by atoms with Crippen molar-refractivity contribution >= 4 is 5.91 Å². The molecule has 142 valence electrons. The molecular weight excluding hydrogens is 326 g/mol. The lowest BCUT2D eigenvalue weighted by Gasteiger charge is -2.22. The molecule has 0 spiro atoms. The monoisotopic (exact) mass is 357 g/mol. The number of rotatable bonds is 10. The molecule has 0 bridgehead atoms. The lowest BCUT2D eigenvalue weighted by Crippen LogP contribution is -2.42. The van der Waals surface area contributed by atoms with Gasteiger partial charge < -0.3 is 15.2 Å². The fourth-order valence-electron chi connectivity index (χ4n) is 3.00. The first-order valence-corrected chi connectivity index (χ1v) is 9.49. The summed E-state index contributed by atoms with van der Waals surface area (Å²) in [4.78, 5) is 13.9. The van der Waals surface area contributed by atoms with Gasteiger partial charge in [-0.25, -0.2) is 0 Å². The molecule has 1 heterocycles. The summed E-state index contributed by atoms with van der Waals surface area (Å²) < 4.78 is 5.42. The van der Waals surface area contributed by atoms with E-state index in [0.29, 0.717) is 5.92 Å². The van der Waals surface area contributed by atoms with Gasteiger partial charge in [0.1, 0.15) is 11.5 Å².